The number of rotatable bonds is 5. The molecule has 0 amide bonds. The van der Waals surface area contributed by atoms with Crippen LogP contribution in [-0.4, -0.2) is 0 Å². The van der Waals surface area contributed by atoms with E-state index in [4.69, 9.17) is 19.5 Å². The van der Waals surface area contributed by atoms with E-state index in [1.54, 1.807) is 24.6 Å². The Bertz CT molecular complexity index is 2050. The van der Waals surface area contributed by atoms with Crippen LogP contribution < -0.4 is 14.2 Å². The lowest BCUT2D eigenvalue weighted by atomic mass is 9.88. The molecule has 6 rings (SSSR count). The molecular weight excluding hydrogens is 486 g/mol. The number of ether oxygens (including phenoxy) is 3. The van der Waals surface area contributed by atoms with E-state index in [0.29, 0.717) is 17.2 Å². The summed E-state index contributed by atoms with van der Waals surface area (Å²) in [4.78, 5) is 0. The predicted molar refractivity (Wildman–Crippen MR) is 149 cm³/mol. The quantitative estimate of drug-likeness (QED) is 0.221. The molecule has 0 aromatic heterocycles. The Balaban J connectivity index is 1.68. The number of nitriles is 3. The van der Waals surface area contributed by atoms with Crippen LogP contribution in [0.1, 0.15) is 0 Å². The molecule has 6 aromatic carbocycles. The van der Waals surface area contributed by atoms with Gasteiger partial charge in [0.2, 0.25) is 0 Å². The van der Waals surface area contributed by atoms with Crippen molar-refractivity contribution >= 4 is 32.3 Å². The van der Waals surface area contributed by atoms with E-state index in [9.17, 15) is 10.5 Å². The lowest BCUT2D eigenvalue weighted by Gasteiger charge is -2.17. The van der Waals surface area contributed by atoms with Crippen LogP contribution in [0.5, 0.6) is 17.2 Å². The molecule has 0 radical (unpaired) electrons. The van der Waals surface area contributed by atoms with E-state index in [2.05, 4.69) is 0 Å². The first-order valence-corrected chi connectivity index (χ1v) is 12.0. The molecule has 0 saturated heterocycles. The van der Waals surface area contributed by atoms with Gasteiger partial charge in [-0.2, -0.15) is 0 Å². The maximum atomic E-state index is 9.46. The molecule has 6 aromatic rings. The van der Waals surface area contributed by atoms with Gasteiger partial charge in [0.25, 0.3) is 18.8 Å². The second kappa shape index (κ2) is 9.79. The van der Waals surface area contributed by atoms with Gasteiger partial charge in [-0.25, -0.2) is 0 Å². The number of hydrogen-bond donors (Lipinski definition) is 0. The zero-order chi connectivity index (χ0) is 26.8. The maximum absolute atomic E-state index is 9.46. The number of hydrogen-bond acceptors (Lipinski definition) is 6. The monoisotopic (exact) mass is 503 g/mol. The number of benzene rings is 6. The molecule has 0 heterocycles. The molecule has 6 heteroatoms. The highest BCUT2D eigenvalue weighted by molar-refractivity contribution is 6.14. The minimum atomic E-state index is 0.432. The summed E-state index contributed by atoms with van der Waals surface area (Å²) in [7, 11) is 0. The van der Waals surface area contributed by atoms with E-state index < -0.39 is 0 Å². The largest absolute Gasteiger partial charge is 0.388 e. The summed E-state index contributed by atoms with van der Waals surface area (Å²) < 4.78 is 15.7. The second-order valence-corrected chi connectivity index (χ2v) is 8.80. The summed E-state index contributed by atoms with van der Waals surface area (Å²) in [6.45, 7) is 0. The molecule has 0 unspecified atom stereocenters. The van der Waals surface area contributed by atoms with Crippen molar-refractivity contribution < 1.29 is 14.2 Å². The number of nitrogens with zero attached hydrogens (tertiary/aromatic N) is 3. The Morgan fingerprint density at radius 1 is 0.436 bits per heavy atom. The lowest BCUT2D eigenvalue weighted by Crippen LogP contribution is -1.93. The van der Waals surface area contributed by atoms with E-state index in [1.165, 1.54) is 0 Å². The van der Waals surface area contributed by atoms with Gasteiger partial charge in [0.15, 0.2) is 5.75 Å². The third-order valence-electron chi connectivity index (χ3n) is 6.75. The fourth-order valence-electron chi connectivity index (χ4n) is 5.20. The number of fused-ring (bicyclic) bond motifs is 3. The zero-order valence-corrected chi connectivity index (χ0v) is 20.4. The smallest absolute Gasteiger partial charge is 0.292 e. The van der Waals surface area contributed by atoms with E-state index in [1.807, 2.05) is 97.3 Å². The molecule has 0 atom stereocenters. The third-order valence-corrected chi connectivity index (χ3v) is 6.75. The van der Waals surface area contributed by atoms with Crippen LogP contribution in [0.25, 0.3) is 54.6 Å². The summed E-state index contributed by atoms with van der Waals surface area (Å²) in [5.41, 5.74) is 3.61. The van der Waals surface area contributed by atoms with Crippen molar-refractivity contribution in [3.8, 4) is 58.3 Å². The first-order chi connectivity index (χ1) is 19.2. The molecular formula is C33H17N3O3. The SMILES string of the molecule is N#COc1cc(-c2ccc(-c3cccc4cc(OC#N)ccc34)c3c(OC#N)cccc23)c2ccccc2c1. The summed E-state index contributed by atoms with van der Waals surface area (Å²) in [5, 5.41) is 33.0. The Morgan fingerprint density at radius 3 is 1.87 bits per heavy atom. The Labute approximate surface area is 223 Å². The van der Waals surface area contributed by atoms with Crippen LogP contribution in [0.4, 0.5) is 0 Å². The molecule has 0 saturated carbocycles. The van der Waals surface area contributed by atoms with Gasteiger partial charge >= 0.3 is 0 Å². The first kappa shape index (κ1) is 23.4. The third kappa shape index (κ3) is 4.07. The van der Waals surface area contributed by atoms with Crippen molar-refractivity contribution in [2.75, 3.05) is 0 Å². The fraction of sp³-hybridized carbons (Fsp3) is 0. The first-order valence-electron chi connectivity index (χ1n) is 12.0. The van der Waals surface area contributed by atoms with Gasteiger partial charge in [0.1, 0.15) is 11.5 Å². The molecule has 39 heavy (non-hydrogen) atoms. The van der Waals surface area contributed by atoms with Crippen LogP contribution >= 0.6 is 0 Å². The van der Waals surface area contributed by atoms with Crippen molar-refractivity contribution in [1.82, 2.24) is 0 Å². The highest BCUT2D eigenvalue weighted by atomic mass is 16.5. The van der Waals surface area contributed by atoms with E-state index in [-0.39, 0.29) is 0 Å². The fourth-order valence-corrected chi connectivity index (χ4v) is 5.20. The van der Waals surface area contributed by atoms with Crippen LogP contribution in [0.2, 0.25) is 0 Å². The standard InChI is InChI=1S/C33H17N3O3/c34-18-37-23-11-12-26-22(15-23)6-3-8-27(26)30-14-13-28(29-9-4-10-32(33(29)30)39-20-36)31-17-24(38-19-35)16-21-5-1-2-7-25(21)31/h1-17H. The highest BCUT2D eigenvalue weighted by Crippen LogP contribution is 2.44. The van der Waals surface area contributed by atoms with Gasteiger partial charge in [-0.3, -0.25) is 0 Å². The van der Waals surface area contributed by atoms with Gasteiger partial charge in [-0.1, -0.05) is 72.8 Å². The lowest BCUT2D eigenvalue weighted by molar-refractivity contribution is 0.508. The van der Waals surface area contributed by atoms with Crippen molar-refractivity contribution in [2.45, 2.75) is 0 Å². The van der Waals surface area contributed by atoms with Crippen LogP contribution in [0.3, 0.4) is 0 Å². The topological polar surface area (TPSA) is 99.1 Å². The summed E-state index contributed by atoms with van der Waals surface area (Å²) in [6, 6.07) is 32.7. The molecule has 6 nitrogen and oxygen atoms in total. The second-order valence-electron chi connectivity index (χ2n) is 8.80. The van der Waals surface area contributed by atoms with Crippen molar-refractivity contribution in [3.05, 3.63) is 103 Å². The minimum absolute atomic E-state index is 0.432. The van der Waals surface area contributed by atoms with Gasteiger partial charge < -0.3 is 14.2 Å². The van der Waals surface area contributed by atoms with Crippen molar-refractivity contribution in [3.63, 3.8) is 0 Å². The van der Waals surface area contributed by atoms with Crippen LogP contribution in [0.15, 0.2) is 103 Å². The van der Waals surface area contributed by atoms with Crippen LogP contribution in [0, 0.1) is 34.6 Å². The minimum Gasteiger partial charge on any atom is -0.388 e. The molecule has 0 spiro atoms. The molecule has 0 bridgehead atoms. The summed E-state index contributed by atoms with van der Waals surface area (Å²) in [6.07, 6.45) is 5.31. The Morgan fingerprint density at radius 2 is 1.05 bits per heavy atom. The highest BCUT2D eigenvalue weighted by Gasteiger charge is 2.18. The molecule has 182 valence electrons. The van der Waals surface area contributed by atoms with Gasteiger partial charge in [-0.15, -0.1) is 15.8 Å². The normalized spacial score (nSPS) is 10.5. The Kier molecular flexibility index (Phi) is 5.87. The average molecular weight is 504 g/mol. The van der Waals surface area contributed by atoms with Gasteiger partial charge in [0, 0.05) is 5.39 Å². The Hall–Kier alpha value is -6.03. The molecule has 0 aliphatic carbocycles. The van der Waals surface area contributed by atoms with E-state index >= 15 is 0 Å². The molecule has 0 aliphatic heterocycles. The predicted octanol–water partition coefficient (Wildman–Crippen LogP) is 8.06. The van der Waals surface area contributed by atoms with Crippen molar-refractivity contribution in [2.24, 2.45) is 0 Å². The maximum Gasteiger partial charge on any atom is 0.292 e. The van der Waals surface area contributed by atoms with Crippen molar-refractivity contribution in [1.29, 1.82) is 15.8 Å². The summed E-state index contributed by atoms with van der Waals surface area (Å²) >= 11 is 0. The van der Waals surface area contributed by atoms with Gasteiger partial charge in [0.05, 0.1) is 0 Å². The summed E-state index contributed by atoms with van der Waals surface area (Å²) in [5.74, 6) is 1.33. The molecule has 0 fully saturated rings. The average Bonchev–Trinajstić information content (AvgIpc) is 2.96. The van der Waals surface area contributed by atoms with Crippen LogP contribution in [-0.2, 0) is 0 Å². The molecule has 0 aliphatic rings. The zero-order valence-electron chi connectivity index (χ0n) is 20.4. The van der Waals surface area contributed by atoms with E-state index in [0.717, 1.165) is 54.6 Å². The van der Waals surface area contributed by atoms with Gasteiger partial charge in [-0.05, 0) is 79.5 Å². The molecule has 0 N–H and O–H groups in total.